The third-order valence-corrected chi connectivity index (χ3v) is 3.33. The molecule has 0 N–H and O–H groups in total. The molecule has 0 bridgehead atoms. The highest BCUT2D eigenvalue weighted by molar-refractivity contribution is 4.88. The standard InChI is InChI=1S/C10H19NO/c1-12-8-10-6-3-7-11(10)9-4-2-5-9/h9-10H,2-8H2,1H3. The summed E-state index contributed by atoms with van der Waals surface area (Å²) >= 11 is 0. The van der Waals surface area contributed by atoms with Crippen molar-refractivity contribution in [2.45, 2.75) is 44.2 Å². The smallest absolute Gasteiger partial charge is 0.0618 e. The summed E-state index contributed by atoms with van der Waals surface area (Å²) < 4.78 is 5.23. The maximum atomic E-state index is 5.23. The zero-order valence-corrected chi connectivity index (χ0v) is 7.96. The van der Waals surface area contributed by atoms with Crippen molar-refractivity contribution in [1.29, 1.82) is 0 Å². The Hall–Kier alpha value is -0.0800. The van der Waals surface area contributed by atoms with Crippen LogP contribution in [-0.4, -0.2) is 37.2 Å². The van der Waals surface area contributed by atoms with E-state index >= 15 is 0 Å². The lowest BCUT2D eigenvalue weighted by Crippen LogP contribution is -2.44. The molecule has 0 aromatic heterocycles. The Balaban J connectivity index is 1.85. The van der Waals surface area contributed by atoms with Gasteiger partial charge >= 0.3 is 0 Å². The topological polar surface area (TPSA) is 12.5 Å². The minimum absolute atomic E-state index is 0.736. The van der Waals surface area contributed by atoms with Gasteiger partial charge in [0.2, 0.25) is 0 Å². The predicted octanol–water partition coefficient (Wildman–Crippen LogP) is 1.65. The fourth-order valence-electron chi connectivity index (χ4n) is 2.43. The Labute approximate surface area is 74.9 Å². The van der Waals surface area contributed by atoms with Crippen molar-refractivity contribution in [2.75, 3.05) is 20.3 Å². The second-order valence-corrected chi connectivity index (χ2v) is 4.07. The van der Waals surface area contributed by atoms with Gasteiger partial charge in [0.25, 0.3) is 0 Å². The van der Waals surface area contributed by atoms with Crippen molar-refractivity contribution < 1.29 is 4.74 Å². The van der Waals surface area contributed by atoms with Crippen LogP contribution in [0, 0.1) is 0 Å². The summed E-state index contributed by atoms with van der Waals surface area (Å²) in [6, 6.07) is 1.65. The molecule has 2 aliphatic rings. The van der Waals surface area contributed by atoms with Gasteiger partial charge in [-0.3, -0.25) is 4.90 Å². The number of hydrogen-bond acceptors (Lipinski definition) is 2. The molecule has 1 saturated carbocycles. The third kappa shape index (κ3) is 1.50. The van der Waals surface area contributed by atoms with E-state index in [1.807, 2.05) is 7.11 Å². The Morgan fingerprint density at radius 3 is 2.67 bits per heavy atom. The number of rotatable bonds is 3. The van der Waals surface area contributed by atoms with Gasteiger partial charge in [-0.05, 0) is 32.2 Å². The third-order valence-electron chi connectivity index (χ3n) is 3.33. The molecule has 2 heteroatoms. The minimum atomic E-state index is 0.736. The Morgan fingerprint density at radius 1 is 1.25 bits per heavy atom. The van der Waals surface area contributed by atoms with E-state index in [4.69, 9.17) is 4.74 Å². The molecule has 0 spiro atoms. The summed E-state index contributed by atoms with van der Waals surface area (Å²) in [6.07, 6.45) is 7.04. The van der Waals surface area contributed by atoms with Crippen molar-refractivity contribution in [2.24, 2.45) is 0 Å². The average Bonchev–Trinajstić information content (AvgIpc) is 2.35. The van der Waals surface area contributed by atoms with E-state index in [-0.39, 0.29) is 0 Å². The first-order valence-electron chi connectivity index (χ1n) is 5.16. The summed E-state index contributed by atoms with van der Waals surface area (Å²) in [5.74, 6) is 0. The summed E-state index contributed by atoms with van der Waals surface area (Å²) in [5.41, 5.74) is 0. The van der Waals surface area contributed by atoms with Crippen LogP contribution in [0.15, 0.2) is 0 Å². The molecular weight excluding hydrogens is 150 g/mol. The van der Waals surface area contributed by atoms with Crippen LogP contribution in [0.1, 0.15) is 32.1 Å². The summed E-state index contributed by atoms with van der Waals surface area (Å²) in [4.78, 5) is 2.67. The SMILES string of the molecule is COCC1CCCN1C1CCC1. The number of methoxy groups -OCH3 is 1. The molecule has 0 amide bonds. The van der Waals surface area contributed by atoms with Crippen LogP contribution in [0.25, 0.3) is 0 Å². The average molecular weight is 169 g/mol. The highest BCUT2D eigenvalue weighted by Crippen LogP contribution is 2.31. The van der Waals surface area contributed by atoms with E-state index in [2.05, 4.69) is 4.90 Å². The molecule has 1 aliphatic heterocycles. The maximum Gasteiger partial charge on any atom is 0.0618 e. The lowest BCUT2D eigenvalue weighted by atomic mass is 9.91. The fraction of sp³-hybridized carbons (Fsp3) is 1.00. The van der Waals surface area contributed by atoms with Gasteiger partial charge in [-0.1, -0.05) is 6.42 Å². The van der Waals surface area contributed by atoms with Crippen LogP contribution in [0.2, 0.25) is 0 Å². The van der Waals surface area contributed by atoms with Crippen LogP contribution >= 0.6 is 0 Å². The lowest BCUT2D eigenvalue weighted by Gasteiger charge is -2.38. The van der Waals surface area contributed by atoms with Crippen LogP contribution in [0.3, 0.4) is 0 Å². The van der Waals surface area contributed by atoms with Gasteiger partial charge in [0.05, 0.1) is 6.61 Å². The fourth-order valence-corrected chi connectivity index (χ4v) is 2.43. The van der Waals surface area contributed by atoms with Gasteiger partial charge in [0, 0.05) is 19.2 Å². The molecule has 0 radical (unpaired) electrons. The van der Waals surface area contributed by atoms with Crippen LogP contribution in [-0.2, 0) is 4.74 Å². The molecule has 1 heterocycles. The van der Waals surface area contributed by atoms with Gasteiger partial charge in [0.1, 0.15) is 0 Å². The first kappa shape index (κ1) is 8.52. The van der Waals surface area contributed by atoms with E-state index in [9.17, 15) is 0 Å². The van der Waals surface area contributed by atoms with Gasteiger partial charge in [-0.25, -0.2) is 0 Å². The largest absolute Gasteiger partial charge is 0.383 e. The monoisotopic (exact) mass is 169 g/mol. The van der Waals surface area contributed by atoms with Gasteiger partial charge in [-0.2, -0.15) is 0 Å². The van der Waals surface area contributed by atoms with Gasteiger partial charge < -0.3 is 4.74 Å². The number of likely N-dealkylation sites (tertiary alicyclic amines) is 1. The van der Waals surface area contributed by atoms with E-state index in [1.165, 1.54) is 38.6 Å². The first-order valence-corrected chi connectivity index (χ1v) is 5.16. The van der Waals surface area contributed by atoms with E-state index < -0.39 is 0 Å². The molecule has 2 rings (SSSR count). The van der Waals surface area contributed by atoms with E-state index in [1.54, 1.807) is 0 Å². The highest BCUT2D eigenvalue weighted by Gasteiger charge is 2.33. The highest BCUT2D eigenvalue weighted by atomic mass is 16.5. The number of ether oxygens (including phenoxy) is 1. The molecule has 1 unspecified atom stereocenters. The molecule has 1 aliphatic carbocycles. The second-order valence-electron chi connectivity index (χ2n) is 4.07. The molecule has 70 valence electrons. The van der Waals surface area contributed by atoms with Crippen molar-refractivity contribution in [3.05, 3.63) is 0 Å². The van der Waals surface area contributed by atoms with Crippen molar-refractivity contribution in [3.8, 4) is 0 Å². The zero-order chi connectivity index (χ0) is 8.39. The molecule has 1 atom stereocenters. The van der Waals surface area contributed by atoms with Crippen LogP contribution in [0.5, 0.6) is 0 Å². The molecular formula is C10H19NO. The first-order chi connectivity index (χ1) is 5.92. The minimum Gasteiger partial charge on any atom is -0.383 e. The Kier molecular flexibility index (Phi) is 2.66. The zero-order valence-electron chi connectivity index (χ0n) is 7.96. The maximum absolute atomic E-state index is 5.23. The predicted molar refractivity (Wildman–Crippen MR) is 49.2 cm³/mol. The Morgan fingerprint density at radius 2 is 2.08 bits per heavy atom. The number of hydrogen-bond donors (Lipinski definition) is 0. The lowest BCUT2D eigenvalue weighted by molar-refractivity contribution is 0.0600. The quantitative estimate of drug-likeness (QED) is 0.637. The second kappa shape index (κ2) is 3.75. The van der Waals surface area contributed by atoms with E-state index in [0.717, 1.165) is 18.7 Å². The van der Waals surface area contributed by atoms with Crippen LogP contribution in [0.4, 0.5) is 0 Å². The van der Waals surface area contributed by atoms with Crippen molar-refractivity contribution in [3.63, 3.8) is 0 Å². The molecule has 2 nitrogen and oxygen atoms in total. The summed E-state index contributed by atoms with van der Waals surface area (Å²) in [6.45, 7) is 2.26. The molecule has 12 heavy (non-hydrogen) atoms. The van der Waals surface area contributed by atoms with E-state index in [0.29, 0.717) is 0 Å². The molecule has 0 aromatic carbocycles. The summed E-state index contributed by atoms with van der Waals surface area (Å²) in [5, 5.41) is 0. The molecule has 0 aromatic rings. The number of nitrogens with zero attached hydrogens (tertiary/aromatic N) is 1. The Bertz CT molecular complexity index is 145. The van der Waals surface area contributed by atoms with Gasteiger partial charge in [0.15, 0.2) is 0 Å². The van der Waals surface area contributed by atoms with Crippen LogP contribution < -0.4 is 0 Å². The van der Waals surface area contributed by atoms with Gasteiger partial charge in [-0.15, -0.1) is 0 Å². The van der Waals surface area contributed by atoms with Crippen molar-refractivity contribution >= 4 is 0 Å². The normalized spacial score (nSPS) is 32.2. The molecule has 1 saturated heterocycles. The molecule has 2 fully saturated rings. The van der Waals surface area contributed by atoms with Crippen molar-refractivity contribution in [1.82, 2.24) is 4.90 Å². The summed E-state index contributed by atoms with van der Waals surface area (Å²) in [7, 11) is 1.82.